The van der Waals surface area contributed by atoms with E-state index in [4.69, 9.17) is 9.79 Å². The van der Waals surface area contributed by atoms with Crippen molar-refractivity contribution in [2.24, 2.45) is 23.2 Å². The van der Waals surface area contributed by atoms with E-state index < -0.39 is 7.82 Å². The lowest BCUT2D eigenvalue weighted by Gasteiger charge is -2.57. The summed E-state index contributed by atoms with van der Waals surface area (Å²) in [6.07, 6.45) is 8.84. The Bertz CT molecular complexity index is 313. The van der Waals surface area contributed by atoms with Crippen LogP contribution in [0.1, 0.15) is 44.9 Å². The van der Waals surface area contributed by atoms with Crippen molar-refractivity contribution in [3.8, 4) is 0 Å². The van der Waals surface area contributed by atoms with Crippen LogP contribution in [0.4, 0.5) is 0 Å². The van der Waals surface area contributed by atoms with Crippen molar-refractivity contribution in [1.29, 1.82) is 0 Å². The van der Waals surface area contributed by atoms with Gasteiger partial charge in [0.2, 0.25) is 0 Å². The van der Waals surface area contributed by atoms with Crippen LogP contribution in [0, 0.1) is 23.2 Å². The zero-order chi connectivity index (χ0) is 12.1. The summed E-state index contributed by atoms with van der Waals surface area (Å²) in [6.45, 7) is 0.219. The van der Waals surface area contributed by atoms with Crippen LogP contribution in [0.3, 0.4) is 0 Å². The van der Waals surface area contributed by atoms with E-state index >= 15 is 0 Å². The summed E-state index contributed by atoms with van der Waals surface area (Å²) >= 11 is 0. The molecule has 0 atom stereocenters. The van der Waals surface area contributed by atoms with Crippen molar-refractivity contribution < 1.29 is 18.9 Å². The summed E-state index contributed by atoms with van der Waals surface area (Å²) < 4.78 is 15.3. The second-order valence-electron chi connectivity index (χ2n) is 6.49. The van der Waals surface area contributed by atoms with Gasteiger partial charge >= 0.3 is 7.82 Å². The maximum atomic E-state index is 10.7. The zero-order valence-corrected chi connectivity index (χ0v) is 10.9. The fourth-order valence-corrected chi connectivity index (χ4v) is 5.31. The number of phosphoric ester groups is 1. The van der Waals surface area contributed by atoms with Crippen molar-refractivity contribution >= 4 is 7.82 Å². The number of hydrogen-bond donors (Lipinski definition) is 2. The highest BCUT2D eigenvalue weighted by molar-refractivity contribution is 7.46. The highest BCUT2D eigenvalue weighted by Gasteiger charge is 2.50. The van der Waals surface area contributed by atoms with Gasteiger partial charge in [0, 0.05) is 0 Å². The Balaban J connectivity index is 1.61. The molecule has 4 aliphatic carbocycles. The highest BCUT2D eigenvalue weighted by atomic mass is 31.2. The Morgan fingerprint density at radius 2 is 1.53 bits per heavy atom. The number of rotatable bonds is 4. The third kappa shape index (κ3) is 2.60. The first-order chi connectivity index (χ1) is 7.94. The van der Waals surface area contributed by atoms with E-state index in [0.717, 1.165) is 24.2 Å². The average Bonchev–Trinajstić information content (AvgIpc) is 2.11. The summed E-state index contributed by atoms with van der Waals surface area (Å²) in [5.74, 6) is 2.66. The molecule has 4 bridgehead atoms. The van der Waals surface area contributed by atoms with Gasteiger partial charge in [-0.3, -0.25) is 4.52 Å². The lowest BCUT2D eigenvalue weighted by molar-refractivity contribution is -0.0632. The molecule has 0 spiro atoms. The second kappa shape index (κ2) is 4.06. The van der Waals surface area contributed by atoms with Gasteiger partial charge in [-0.15, -0.1) is 0 Å². The minimum absolute atomic E-state index is 0.219. The molecule has 0 unspecified atom stereocenters. The maximum absolute atomic E-state index is 10.7. The normalized spacial score (nSPS) is 44.2. The average molecular weight is 260 g/mol. The number of hydrogen-bond acceptors (Lipinski definition) is 2. The molecule has 17 heavy (non-hydrogen) atoms. The van der Waals surface area contributed by atoms with Crippen LogP contribution in [0.15, 0.2) is 0 Å². The largest absolute Gasteiger partial charge is 0.469 e. The van der Waals surface area contributed by atoms with Crippen LogP contribution < -0.4 is 0 Å². The minimum atomic E-state index is -4.27. The Hall–Kier alpha value is 0.110. The quantitative estimate of drug-likeness (QED) is 0.763. The van der Waals surface area contributed by atoms with E-state index in [1.165, 1.54) is 38.5 Å². The van der Waals surface area contributed by atoms with E-state index in [-0.39, 0.29) is 6.61 Å². The first-order valence-electron chi connectivity index (χ1n) is 6.64. The molecule has 0 aliphatic heterocycles. The van der Waals surface area contributed by atoms with Gasteiger partial charge < -0.3 is 9.79 Å². The number of phosphoric acid groups is 1. The van der Waals surface area contributed by atoms with Crippen LogP contribution in [0.2, 0.25) is 0 Å². The molecule has 5 heteroatoms. The molecule has 4 nitrogen and oxygen atoms in total. The Kier molecular flexibility index (Phi) is 2.90. The van der Waals surface area contributed by atoms with Gasteiger partial charge in [-0.1, -0.05) is 0 Å². The van der Waals surface area contributed by atoms with Crippen molar-refractivity contribution in [3.05, 3.63) is 0 Å². The third-order valence-electron chi connectivity index (χ3n) is 5.06. The summed E-state index contributed by atoms with van der Waals surface area (Å²) in [7, 11) is -4.27. The molecule has 2 N–H and O–H groups in total. The zero-order valence-electron chi connectivity index (χ0n) is 10.0. The van der Waals surface area contributed by atoms with Crippen LogP contribution >= 0.6 is 7.82 Å². The Morgan fingerprint density at radius 1 is 1.06 bits per heavy atom. The monoisotopic (exact) mass is 260 g/mol. The molecule has 4 aliphatic rings. The van der Waals surface area contributed by atoms with Crippen molar-refractivity contribution in [3.63, 3.8) is 0 Å². The SMILES string of the molecule is O=P(O)(O)OCCC12CC3CC(CC(C3)C1)C2. The lowest BCUT2D eigenvalue weighted by atomic mass is 9.49. The maximum Gasteiger partial charge on any atom is 0.469 e. The molecule has 0 aromatic carbocycles. The predicted molar refractivity (Wildman–Crippen MR) is 63.2 cm³/mol. The van der Waals surface area contributed by atoms with Crippen molar-refractivity contribution in [1.82, 2.24) is 0 Å². The topological polar surface area (TPSA) is 66.8 Å². The lowest BCUT2D eigenvalue weighted by Crippen LogP contribution is -2.46. The molecular formula is C12H21O4P. The van der Waals surface area contributed by atoms with Crippen molar-refractivity contribution in [2.45, 2.75) is 44.9 Å². The van der Waals surface area contributed by atoms with Crippen LogP contribution in [0.5, 0.6) is 0 Å². The van der Waals surface area contributed by atoms with E-state index in [9.17, 15) is 4.57 Å². The molecule has 4 rings (SSSR count). The van der Waals surface area contributed by atoms with E-state index in [0.29, 0.717) is 5.41 Å². The molecule has 0 aromatic rings. The molecule has 4 fully saturated rings. The fraction of sp³-hybridized carbons (Fsp3) is 1.00. The first-order valence-corrected chi connectivity index (χ1v) is 8.17. The fourth-order valence-electron chi connectivity index (χ4n) is 4.98. The molecule has 0 amide bonds. The molecule has 4 saturated carbocycles. The van der Waals surface area contributed by atoms with Gasteiger partial charge in [0.05, 0.1) is 6.61 Å². The van der Waals surface area contributed by atoms with Gasteiger partial charge in [-0.25, -0.2) is 4.57 Å². The summed E-state index contributed by atoms with van der Waals surface area (Å²) in [6, 6.07) is 0. The van der Waals surface area contributed by atoms with E-state index in [1.807, 2.05) is 0 Å². The van der Waals surface area contributed by atoms with Crippen LogP contribution in [-0.2, 0) is 9.09 Å². The molecule has 0 radical (unpaired) electrons. The highest BCUT2D eigenvalue weighted by Crippen LogP contribution is 2.61. The minimum Gasteiger partial charge on any atom is -0.303 e. The summed E-state index contributed by atoms with van der Waals surface area (Å²) in [4.78, 5) is 17.4. The molecule has 0 aromatic heterocycles. The van der Waals surface area contributed by atoms with Crippen LogP contribution in [0.25, 0.3) is 0 Å². The van der Waals surface area contributed by atoms with E-state index in [1.54, 1.807) is 0 Å². The molecule has 98 valence electrons. The van der Waals surface area contributed by atoms with Gasteiger partial charge in [0.25, 0.3) is 0 Å². The van der Waals surface area contributed by atoms with Gasteiger partial charge in [0.15, 0.2) is 0 Å². The smallest absolute Gasteiger partial charge is 0.303 e. The predicted octanol–water partition coefficient (Wildman–Crippen LogP) is 2.70. The standard InChI is InChI=1S/C12H21O4P/c13-17(14,15)16-2-1-12-6-9-3-10(7-12)5-11(4-9)8-12/h9-11H,1-8H2,(H2,13,14,15). The van der Waals surface area contributed by atoms with E-state index in [2.05, 4.69) is 4.52 Å². The Labute approximate surface area is 102 Å². The van der Waals surface area contributed by atoms with Crippen molar-refractivity contribution in [2.75, 3.05) is 6.61 Å². The third-order valence-corrected chi connectivity index (χ3v) is 5.58. The Morgan fingerprint density at radius 3 is 1.94 bits per heavy atom. The molecule has 0 saturated heterocycles. The van der Waals surface area contributed by atoms with Gasteiger partial charge in [-0.05, 0) is 68.1 Å². The first kappa shape index (κ1) is 12.2. The summed E-state index contributed by atoms with van der Waals surface area (Å²) in [5, 5.41) is 0. The summed E-state index contributed by atoms with van der Waals surface area (Å²) in [5.41, 5.74) is 0.351. The van der Waals surface area contributed by atoms with Crippen LogP contribution in [-0.4, -0.2) is 16.4 Å². The molecular weight excluding hydrogens is 239 g/mol. The van der Waals surface area contributed by atoms with Gasteiger partial charge in [-0.2, -0.15) is 0 Å². The molecule has 0 heterocycles. The second-order valence-corrected chi connectivity index (χ2v) is 7.73. The van der Waals surface area contributed by atoms with Gasteiger partial charge in [0.1, 0.15) is 0 Å².